The van der Waals surface area contributed by atoms with E-state index in [1.165, 1.54) is 0 Å². The van der Waals surface area contributed by atoms with Crippen LogP contribution in [0, 0.1) is 0 Å². The van der Waals surface area contributed by atoms with Crippen LogP contribution in [0.1, 0.15) is 22.8 Å². The third-order valence-corrected chi connectivity index (χ3v) is 5.23. The van der Waals surface area contributed by atoms with Crippen LogP contribution in [0.4, 0.5) is 5.69 Å². The summed E-state index contributed by atoms with van der Waals surface area (Å²) in [4.78, 5) is 13.6. The molecule has 0 aromatic heterocycles. The van der Waals surface area contributed by atoms with Gasteiger partial charge in [0.05, 0.1) is 5.69 Å². The van der Waals surface area contributed by atoms with Gasteiger partial charge in [-0.05, 0) is 48.2 Å². The fraction of sp³-hybridized carbons (Fsp3) is 0.136. The van der Waals surface area contributed by atoms with Gasteiger partial charge in [-0.1, -0.05) is 48.9 Å². The molecule has 0 saturated heterocycles. The van der Waals surface area contributed by atoms with Crippen molar-refractivity contribution in [3.63, 3.8) is 0 Å². The molecule has 3 rings (SSSR count). The van der Waals surface area contributed by atoms with Crippen LogP contribution >= 0.6 is 23.4 Å². The summed E-state index contributed by atoms with van der Waals surface area (Å²) in [5.74, 6) is 1.50. The Kier molecular flexibility index (Phi) is 6.80. The van der Waals surface area contributed by atoms with Crippen LogP contribution in [0.5, 0.6) is 5.75 Å². The Bertz CT molecular complexity index is 912. The number of carbonyl (C=O) groups excluding carboxylic acids is 1. The molecule has 0 spiro atoms. The number of amides is 1. The molecule has 0 aliphatic rings. The Morgan fingerprint density at radius 1 is 1.00 bits per heavy atom. The van der Waals surface area contributed by atoms with E-state index in [-0.39, 0.29) is 5.91 Å². The number of benzene rings is 3. The highest BCUT2D eigenvalue weighted by molar-refractivity contribution is 7.99. The van der Waals surface area contributed by atoms with Gasteiger partial charge in [0, 0.05) is 21.0 Å². The Morgan fingerprint density at radius 2 is 1.70 bits per heavy atom. The van der Waals surface area contributed by atoms with Gasteiger partial charge in [0.2, 0.25) is 0 Å². The monoisotopic (exact) mass is 397 g/mol. The van der Waals surface area contributed by atoms with Gasteiger partial charge in [0.25, 0.3) is 5.91 Å². The quantitative estimate of drug-likeness (QED) is 0.476. The zero-order valence-corrected chi connectivity index (χ0v) is 16.5. The van der Waals surface area contributed by atoms with E-state index in [1.807, 2.05) is 48.5 Å². The van der Waals surface area contributed by atoms with Crippen molar-refractivity contribution in [2.45, 2.75) is 18.4 Å². The number of hydrogen-bond acceptors (Lipinski definition) is 3. The average Bonchev–Trinajstić information content (AvgIpc) is 2.69. The van der Waals surface area contributed by atoms with E-state index in [4.69, 9.17) is 16.3 Å². The Hall–Kier alpha value is -2.43. The zero-order chi connectivity index (χ0) is 19.1. The van der Waals surface area contributed by atoms with Gasteiger partial charge in [-0.3, -0.25) is 4.79 Å². The lowest BCUT2D eigenvalue weighted by molar-refractivity contribution is 0.102. The number of rotatable bonds is 7. The third kappa shape index (κ3) is 5.28. The molecule has 0 heterocycles. The molecule has 0 atom stereocenters. The van der Waals surface area contributed by atoms with E-state index < -0.39 is 0 Å². The molecular weight excluding hydrogens is 378 g/mol. The maximum Gasteiger partial charge on any atom is 0.255 e. The van der Waals surface area contributed by atoms with Crippen molar-refractivity contribution in [2.75, 3.05) is 11.1 Å². The van der Waals surface area contributed by atoms with Crippen molar-refractivity contribution in [1.82, 2.24) is 0 Å². The molecule has 5 heteroatoms. The molecule has 3 aromatic rings. The SMILES string of the molecule is CCSc1ccccc1NC(=O)c1ccc(OCc2ccccc2Cl)cc1. The van der Waals surface area contributed by atoms with Crippen molar-refractivity contribution < 1.29 is 9.53 Å². The first-order valence-corrected chi connectivity index (χ1v) is 10.0. The maximum absolute atomic E-state index is 12.5. The van der Waals surface area contributed by atoms with Crippen LogP contribution in [0.2, 0.25) is 5.02 Å². The maximum atomic E-state index is 12.5. The summed E-state index contributed by atoms with van der Waals surface area (Å²) in [6.07, 6.45) is 0. The Morgan fingerprint density at radius 3 is 2.44 bits per heavy atom. The van der Waals surface area contributed by atoms with Gasteiger partial charge in [0.15, 0.2) is 0 Å². The van der Waals surface area contributed by atoms with Gasteiger partial charge in [-0.25, -0.2) is 0 Å². The predicted molar refractivity (Wildman–Crippen MR) is 113 cm³/mol. The molecule has 138 valence electrons. The second-order valence-corrected chi connectivity index (χ2v) is 7.50. The summed E-state index contributed by atoms with van der Waals surface area (Å²) >= 11 is 7.84. The molecule has 0 aliphatic heterocycles. The summed E-state index contributed by atoms with van der Waals surface area (Å²) in [7, 11) is 0. The van der Waals surface area contributed by atoms with Crippen LogP contribution in [0.3, 0.4) is 0 Å². The first-order valence-electron chi connectivity index (χ1n) is 8.67. The minimum absolute atomic E-state index is 0.142. The fourth-order valence-electron chi connectivity index (χ4n) is 2.52. The number of hydrogen-bond donors (Lipinski definition) is 1. The van der Waals surface area contributed by atoms with Crippen molar-refractivity contribution in [1.29, 1.82) is 0 Å². The number of ether oxygens (including phenoxy) is 1. The number of halogens is 1. The normalized spacial score (nSPS) is 10.4. The molecule has 0 radical (unpaired) electrons. The summed E-state index contributed by atoms with van der Waals surface area (Å²) < 4.78 is 5.76. The van der Waals surface area contributed by atoms with Crippen LogP contribution in [0.15, 0.2) is 77.7 Å². The molecule has 0 unspecified atom stereocenters. The third-order valence-electron chi connectivity index (χ3n) is 3.90. The highest BCUT2D eigenvalue weighted by Crippen LogP contribution is 2.27. The number of carbonyl (C=O) groups is 1. The van der Waals surface area contributed by atoms with Gasteiger partial charge in [-0.2, -0.15) is 0 Å². The van der Waals surface area contributed by atoms with Crippen molar-refractivity contribution >= 4 is 35.0 Å². The molecule has 0 fully saturated rings. The first kappa shape index (κ1) is 19.3. The smallest absolute Gasteiger partial charge is 0.255 e. The van der Waals surface area contributed by atoms with Gasteiger partial charge in [-0.15, -0.1) is 11.8 Å². The second-order valence-electron chi connectivity index (χ2n) is 5.79. The van der Waals surface area contributed by atoms with E-state index in [2.05, 4.69) is 12.2 Å². The highest BCUT2D eigenvalue weighted by atomic mass is 35.5. The fourth-order valence-corrected chi connectivity index (χ4v) is 3.48. The second kappa shape index (κ2) is 9.49. The molecule has 1 N–H and O–H groups in total. The largest absolute Gasteiger partial charge is 0.489 e. The van der Waals surface area contributed by atoms with Crippen molar-refractivity contribution in [3.05, 3.63) is 88.9 Å². The molecule has 3 aromatic carbocycles. The van der Waals surface area contributed by atoms with Crippen LogP contribution in [-0.2, 0) is 6.61 Å². The molecule has 1 amide bonds. The standard InChI is InChI=1S/C22H20ClNO2S/c1-2-27-21-10-6-5-9-20(21)24-22(25)16-11-13-18(14-12-16)26-15-17-7-3-4-8-19(17)23/h3-14H,2,15H2,1H3,(H,24,25). The van der Waals surface area contributed by atoms with E-state index in [9.17, 15) is 4.79 Å². The van der Waals surface area contributed by atoms with Crippen molar-refractivity contribution in [3.8, 4) is 5.75 Å². The van der Waals surface area contributed by atoms with Crippen molar-refractivity contribution in [2.24, 2.45) is 0 Å². The first-order chi connectivity index (χ1) is 13.2. The summed E-state index contributed by atoms with van der Waals surface area (Å²) in [5.41, 5.74) is 2.33. The topological polar surface area (TPSA) is 38.3 Å². The molecule has 27 heavy (non-hydrogen) atoms. The lowest BCUT2D eigenvalue weighted by Crippen LogP contribution is -2.12. The number of thioether (sulfide) groups is 1. The van der Waals surface area contributed by atoms with E-state index in [0.29, 0.717) is 22.9 Å². The average molecular weight is 398 g/mol. The molecule has 0 aliphatic carbocycles. The summed E-state index contributed by atoms with van der Waals surface area (Å²) in [5, 5.41) is 3.66. The lowest BCUT2D eigenvalue weighted by Gasteiger charge is -2.11. The Labute approximate surface area is 168 Å². The van der Waals surface area contributed by atoms with Gasteiger partial charge < -0.3 is 10.1 Å². The zero-order valence-electron chi connectivity index (χ0n) is 14.9. The van der Waals surface area contributed by atoms with E-state index >= 15 is 0 Å². The minimum Gasteiger partial charge on any atom is -0.489 e. The number of nitrogens with one attached hydrogen (secondary N) is 1. The van der Waals surface area contributed by atoms with Crippen LogP contribution in [0.25, 0.3) is 0 Å². The van der Waals surface area contributed by atoms with E-state index in [1.54, 1.807) is 36.0 Å². The van der Waals surface area contributed by atoms with Crippen LogP contribution < -0.4 is 10.1 Å². The van der Waals surface area contributed by atoms with Gasteiger partial charge >= 0.3 is 0 Å². The lowest BCUT2D eigenvalue weighted by atomic mass is 10.2. The summed E-state index contributed by atoms with van der Waals surface area (Å²) in [6, 6.07) is 22.5. The Balaban J connectivity index is 1.63. The predicted octanol–water partition coefficient (Wildman–Crippen LogP) is 6.28. The highest BCUT2D eigenvalue weighted by Gasteiger charge is 2.09. The molecular formula is C22H20ClNO2S. The summed E-state index contributed by atoms with van der Waals surface area (Å²) in [6.45, 7) is 2.47. The van der Waals surface area contributed by atoms with Gasteiger partial charge in [0.1, 0.15) is 12.4 Å². The molecule has 3 nitrogen and oxygen atoms in total. The molecule has 0 bridgehead atoms. The number of para-hydroxylation sites is 1. The van der Waals surface area contributed by atoms with E-state index in [0.717, 1.165) is 21.9 Å². The van der Waals surface area contributed by atoms with Crippen LogP contribution in [-0.4, -0.2) is 11.7 Å². The minimum atomic E-state index is -0.142. The number of anilines is 1. The molecule has 0 saturated carbocycles.